The summed E-state index contributed by atoms with van der Waals surface area (Å²) in [4.78, 5) is 7.79. The van der Waals surface area contributed by atoms with Crippen molar-refractivity contribution in [3.63, 3.8) is 0 Å². The molecule has 1 N–H and O–H groups in total. The number of hydrazine groups is 1. The van der Waals surface area contributed by atoms with Crippen molar-refractivity contribution in [1.29, 1.82) is 0 Å². The molecule has 0 radical (unpaired) electrons. The molecule has 4 heteroatoms. The summed E-state index contributed by atoms with van der Waals surface area (Å²) in [6.07, 6.45) is 5.12. The molecular weight excluding hydrogens is 140 g/mol. The van der Waals surface area contributed by atoms with Gasteiger partial charge in [-0.05, 0) is 0 Å². The third-order valence-electron chi connectivity index (χ3n) is 1.21. The lowest BCUT2D eigenvalue weighted by molar-refractivity contribution is 0.285. The molecule has 0 atom stereocenters. The first-order chi connectivity index (χ1) is 5.29. The van der Waals surface area contributed by atoms with Gasteiger partial charge in [0.2, 0.25) is 0 Å². The molecule has 0 amide bonds. The smallest absolute Gasteiger partial charge is 0.115 e. The molecule has 0 bridgehead atoms. The molecule has 0 aliphatic heterocycles. The van der Waals surface area contributed by atoms with Crippen LogP contribution >= 0.6 is 0 Å². The molecule has 1 rings (SSSR count). The van der Waals surface area contributed by atoms with Crippen LogP contribution in [-0.2, 0) is 6.54 Å². The maximum Gasteiger partial charge on any atom is 0.115 e. The Hall–Kier alpha value is -1.00. The summed E-state index contributed by atoms with van der Waals surface area (Å²) < 4.78 is 0. The summed E-state index contributed by atoms with van der Waals surface area (Å²) in [5.74, 6) is 0. The fourth-order valence-electron chi connectivity index (χ4n) is 0.671. The fraction of sp³-hybridized carbons (Fsp3) is 0.429. The first kappa shape index (κ1) is 8.10. The van der Waals surface area contributed by atoms with Gasteiger partial charge in [0.25, 0.3) is 0 Å². The van der Waals surface area contributed by atoms with Crippen LogP contribution in [0.25, 0.3) is 0 Å². The molecule has 0 saturated carbocycles. The van der Waals surface area contributed by atoms with Crippen LogP contribution in [0.15, 0.2) is 18.7 Å². The monoisotopic (exact) mass is 152 g/mol. The average Bonchev–Trinajstić information content (AvgIpc) is 2.03. The van der Waals surface area contributed by atoms with Crippen molar-refractivity contribution in [2.75, 3.05) is 14.1 Å². The van der Waals surface area contributed by atoms with E-state index in [1.807, 2.05) is 19.1 Å². The van der Waals surface area contributed by atoms with Gasteiger partial charge in [0.1, 0.15) is 6.33 Å². The zero-order valence-electron chi connectivity index (χ0n) is 6.78. The lowest BCUT2D eigenvalue weighted by Crippen LogP contribution is -2.29. The zero-order valence-corrected chi connectivity index (χ0v) is 6.78. The highest BCUT2D eigenvalue weighted by Gasteiger charge is 1.91. The van der Waals surface area contributed by atoms with E-state index in [0.717, 1.165) is 12.1 Å². The minimum absolute atomic E-state index is 0.772. The van der Waals surface area contributed by atoms with Gasteiger partial charge in [-0.1, -0.05) is 0 Å². The summed E-state index contributed by atoms with van der Waals surface area (Å²) in [6, 6.07) is 0. The lowest BCUT2D eigenvalue weighted by atomic mass is 10.3. The van der Waals surface area contributed by atoms with Gasteiger partial charge in [0, 0.05) is 38.6 Å². The van der Waals surface area contributed by atoms with Crippen LogP contribution in [0.5, 0.6) is 0 Å². The van der Waals surface area contributed by atoms with Gasteiger partial charge >= 0.3 is 0 Å². The van der Waals surface area contributed by atoms with Gasteiger partial charge in [-0.25, -0.2) is 9.97 Å². The third kappa shape index (κ3) is 3.06. The van der Waals surface area contributed by atoms with Gasteiger partial charge in [-0.15, -0.1) is 0 Å². The van der Waals surface area contributed by atoms with E-state index in [2.05, 4.69) is 15.4 Å². The van der Waals surface area contributed by atoms with Crippen LogP contribution in [0.2, 0.25) is 0 Å². The number of aromatic nitrogens is 2. The molecule has 0 aliphatic rings. The van der Waals surface area contributed by atoms with Crippen molar-refractivity contribution in [3.8, 4) is 0 Å². The average molecular weight is 152 g/mol. The maximum atomic E-state index is 3.89. The molecule has 1 heterocycles. The lowest BCUT2D eigenvalue weighted by Gasteiger charge is -2.10. The number of hydrogen-bond donors (Lipinski definition) is 1. The Kier molecular flexibility index (Phi) is 2.95. The van der Waals surface area contributed by atoms with E-state index in [0.29, 0.717) is 0 Å². The molecule has 0 aromatic carbocycles. The van der Waals surface area contributed by atoms with E-state index in [4.69, 9.17) is 0 Å². The molecule has 1 aromatic rings. The van der Waals surface area contributed by atoms with Crippen molar-refractivity contribution >= 4 is 0 Å². The summed E-state index contributed by atoms with van der Waals surface area (Å²) in [5.41, 5.74) is 4.20. The van der Waals surface area contributed by atoms with E-state index in [1.165, 1.54) is 6.33 Å². The Morgan fingerprint density at radius 2 is 2.00 bits per heavy atom. The Bertz CT molecular complexity index is 197. The van der Waals surface area contributed by atoms with Crippen molar-refractivity contribution < 1.29 is 0 Å². The number of nitrogens with one attached hydrogen (secondary N) is 1. The van der Waals surface area contributed by atoms with E-state index >= 15 is 0 Å². The molecule has 1 aromatic heterocycles. The SMILES string of the molecule is CN(C)NCc1cncnc1. The van der Waals surface area contributed by atoms with Crippen molar-refractivity contribution in [1.82, 2.24) is 20.4 Å². The molecule has 4 nitrogen and oxygen atoms in total. The van der Waals surface area contributed by atoms with E-state index in [-0.39, 0.29) is 0 Å². The fourth-order valence-corrected chi connectivity index (χ4v) is 0.671. The highest BCUT2D eigenvalue weighted by molar-refractivity contribution is 5.00. The van der Waals surface area contributed by atoms with Crippen molar-refractivity contribution in [2.24, 2.45) is 0 Å². The molecule has 0 spiro atoms. The second-order valence-corrected chi connectivity index (χ2v) is 2.48. The summed E-state index contributed by atoms with van der Waals surface area (Å²) in [5, 5.41) is 1.90. The molecule has 0 fully saturated rings. The number of hydrogen-bond acceptors (Lipinski definition) is 4. The number of rotatable bonds is 3. The van der Waals surface area contributed by atoms with E-state index in [9.17, 15) is 0 Å². The molecular formula is C7H12N4. The van der Waals surface area contributed by atoms with Crippen LogP contribution in [0.4, 0.5) is 0 Å². The van der Waals surface area contributed by atoms with Gasteiger partial charge in [-0.2, -0.15) is 0 Å². The molecule has 0 unspecified atom stereocenters. The quantitative estimate of drug-likeness (QED) is 0.621. The summed E-state index contributed by atoms with van der Waals surface area (Å²) in [6.45, 7) is 0.772. The van der Waals surface area contributed by atoms with E-state index in [1.54, 1.807) is 12.4 Å². The van der Waals surface area contributed by atoms with Crippen LogP contribution < -0.4 is 5.43 Å². The van der Waals surface area contributed by atoms with Gasteiger partial charge in [0.15, 0.2) is 0 Å². The molecule has 0 aliphatic carbocycles. The second-order valence-electron chi connectivity index (χ2n) is 2.48. The van der Waals surface area contributed by atoms with Crippen LogP contribution in [0.3, 0.4) is 0 Å². The van der Waals surface area contributed by atoms with E-state index < -0.39 is 0 Å². The third-order valence-corrected chi connectivity index (χ3v) is 1.21. The first-order valence-electron chi connectivity index (χ1n) is 3.44. The first-order valence-corrected chi connectivity index (χ1v) is 3.44. The predicted octanol–water partition coefficient (Wildman–Crippen LogP) is 0.0428. The topological polar surface area (TPSA) is 41.0 Å². The van der Waals surface area contributed by atoms with Crippen molar-refractivity contribution in [2.45, 2.75) is 6.54 Å². The number of nitrogens with zero attached hydrogens (tertiary/aromatic N) is 3. The maximum absolute atomic E-state index is 3.89. The Balaban J connectivity index is 2.39. The zero-order chi connectivity index (χ0) is 8.10. The largest absolute Gasteiger partial charge is 0.251 e. The Morgan fingerprint density at radius 3 is 2.55 bits per heavy atom. The van der Waals surface area contributed by atoms with Gasteiger partial charge in [0.05, 0.1) is 0 Å². The molecule has 11 heavy (non-hydrogen) atoms. The highest BCUT2D eigenvalue weighted by atomic mass is 15.5. The molecule has 60 valence electrons. The second kappa shape index (κ2) is 4.00. The Morgan fingerprint density at radius 1 is 1.36 bits per heavy atom. The summed E-state index contributed by atoms with van der Waals surface area (Å²) in [7, 11) is 3.90. The standard InChI is InChI=1S/C7H12N4/c1-11(2)10-5-7-3-8-6-9-4-7/h3-4,6,10H,5H2,1-2H3. The van der Waals surface area contributed by atoms with Crippen LogP contribution in [0.1, 0.15) is 5.56 Å². The van der Waals surface area contributed by atoms with Crippen molar-refractivity contribution in [3.05, 3.63) is 24.3 Å². The van der Waals surface area contributed by atoms with Gasteiger partial charge in [-0.3, -0.25) is 10.4 Å². The van der Waals surface area contributed by atoms with Crippen LogP contribution in [0, 0.1) is 0 Å². The normalized spacial score (nSPS) is 10.5. The minimum atomic E-state index is 0.772. The summed E-state index contributed by atoms with van der Waals surface area (Å²) >= 11 is 0. The molecule has 0 saturated heterocycles. The Labute approximate surface area is 66.2 Å². The van der Waals surface area contributed by atoms with Gasteiger partial charge < -0.3 is 0 Å². The predicted molar refractivity (Wildman–Crippen MR) is 42.6 cm³/mol. The highest BCUT2D eigenvalue weighted by Crippen LogP contribution is 1.90. The minimum Gasteiger partial charge on any atom is -0.251 e. The van der Waals surface area contributed by atoms with Crippen LogP contribution in [-0.4, -0.2) is 29.1 Å².